The van der Waals surface area contributed by atoms with E-state index in [1.54, 1.807) is 0 Å². The van der Waals surface area contributed by atoms with Crippen LogP contribution in [-0.2, 0) is 4.79 Å². The number of amides is 1. The summed E-state index contributed by atoms with van der Waals surface area (Å²) < 4.78 is 0. The Morgan fingerprint density at radius 1 is 1.38 bits per heavy atom. The van der Waals surface area contributed by atoms with E-state index in [4.69, 9.17) is 0 Å². The number of carbonyl (C=O) groups is 1. The van der Waals surface area contributed by atoms with Crippen LogP contribution in [0.1, 0.15) is 33.1 Å². The maximum atomic E-state index is 11.5. The summed E-state index contributed by atoms with van der Waals surface area (Å²) in [4.78, 5) is 11.5. The minimum absolute atomic E-state index is 0.127. The molecule has 1 amide bonds. The van der Waals surface area contributed by atoms with Crippen molar-refractivity contribution in [3.8, 4) is 0 Å². The van der Waals surface area contributed by atoms with Gasteiger partial charge in [0.2, 0.25) is 5.91 Å². The van der Waals surface area contributed by atoms with Crippen molar-refractivity contribution in [2.24, 2.45) is 5.92 Å². The van der Waals surface area contributed by atoms with Crippen molar-refractivity contribution in [1.29, 1.82) is 0 Å². The maximum Gasteiger partial charge on any atom is 0.224 e. The van der Waals surface area contributed by atoms with Gasteiger partial charge < -0.3 is 10.6 Å². The number of hydrogen-bond donors (Lipinski definition) is 2. The first-order valence-corrected chi connectivity index (χ1v) is 5.18. The van der Waals surface area contributed by atoms with Gasteiger partial charge in [0.05, 0.1) is 5.92 Å². The lowest BCUT2D eigenvalue weighted by Crippen LogP contribution is -2.36. The number of unbranched alkanes of at least 4 members (excludes halogenated alkanes) is 1. The predicted octanol–water partition coefficient (Wildman–Crippen LogP) is 1.15. The monoisotopic (exact) mass is 186 g/mol. The zero-order valence-corrected chi connectivity index (χ0v) is 9.02. The van der Waals surface area contributed by atoms with E-state index in [1.807, 2.05) is 14.0 Å². The molecule has 0 saturated heterocycles. The highest BCUT2D eigenvalue weighted by molar-refractivity contribution is 5.78. The third-order valence-corrected chi connectivity index (χ3v) is 2.14. The molecule has 0 saturated carbocycles. The van der Waals surface area contributed by atoms with Crippen LogP contribution in [0.2, 0.25) is 0 Å². The summed E-state index contributed by atoms with van der Waals surface area (Å²) in [6.45, 7) is 5.75. The first-order valence-electron chi connectivity index (χ1n) is 5.18. The van der Waals surface area contributed by atoms with Gasteiger partial charge in [0.25, 0.3) is 0 Å². The molecule has 13 heavy (non-hydrogen) atoms. The number of rotatable bonds is 7. The maximum absolute atomic E-state index is 11.5. The molecule has 0 spiro atoms. The lowest BCUT2D eigenvalue weighted by atomic mass is 10.1. The van der Waals surface area contributed by atoms with Crippen molar-refractivity contribution < 1.29 is 4.79 Å². The molecule has 1 unspecified atom stereocenters. The number of nitrogens with one attached hydrogen (secondary N) is 2. The van der Waals surface area contributed by atoms with Gasteiger partial charge in [0, 0.05) is 13.1 Å². The van der Waals surface area contributed by atoms with Gasteiger partial charge in [-0.05, 0) is 19.9 Å². The smallest absolute Gasteiger partial charge is 0.224 e. The van der Waals surface area contributed by atoms with E-state index in [2.05, 4.69) is 17.6 Å². The van der Waals surface area contributed by atoms with Crippen molar-refractivity contribution in [3.05, 3.63) is 0 Å². The van der Waals surface area contributed by atoms with Gasteiger partial charge in [-0.25, -0.2) is 0 Å². The molecule has 3 nitrogen and oxygen atoms in total. The van der Waals surface area contributed by atoms with Crippen molar-refractivity contribution in [2.45, 2.75) is 33.1 Å². The second-order valence-electron chi connectivity index (χ2n) is 3.31. The SMILES string of the molecule is CCCCNC(=O)C(CC)CNC. The summed E-state index contributed by atoms with van der Waals surface area (Å²) in [5.74, 6) is 0.312. The van der Waals surface area contributed by atoms with E-state index in [1.165, 1.54) is 0 Å². The standard InChI is InChI=1S/C10H22N2O/c1-4-6-7-12-10(13)9(5-2)8-11-3/h9,11H,4-8H2,1-3H3,(H,12,13). The molecular formula is C10H22N2O. The van der Waals surface area contributed by atoms with Crippen LogP contribution in [0.4, 0.5) is 0 Å². The molecule has 0 radical (unpaired) electrons. The van der Waals surface area contributed by atoms with Crippen LogP contribution in [-0.4, -0.2) is 26.0 Å². The molecule has 78 valence electrons. The molecule has 0 heterocycles. The second-order valence-corrected chi connectivity index (χ2v) is 3.31. The summed E-state index contributed by atoms with van der Waals surface area (Å²) in [6.07, 6.45) is 3.10. The Bertz CT molecular complexity index is 137. The Balaban J connectivity index is 3.64. The second kappa shape index (κ2) is 8.05. The Hall–Kier alpha value is -0.570. The third-order valence-electron chi connectivity index (χ3n) is 2.14. The molecule has 0 aromatic heterocycles. The zero-order valence-electron chi connectivity index (χ0n) is 9.02. The van der Waals surface area contributed by atoms with Gasteiger partial charge in [-0.2, -0.15) is 0 Å². The number of carbonyl (C=O) groups excluding carboxylic acids is 1. The first kappa shape index (κ1) is 12.4. The highest BCUT2D eigenvalue weighted by atomic mass is 16.1. The Morgan fingerprint density at radius 2 is 2.08 bits per heavy atom. The van der Waals surface area contributed by atoms with E-state index in [0.29, 0.717) is 0 Å². The van der Waals surface area contributed by atoms with Gasteiger partial charge in [-0.1, -0.05) is 20.3 Å². The van der Waals surface area contributed by atoms with Crippen LogP contribution in [0.15, 0.2) is 0 Å². The van der Waals surface area contributed by atoms with Crippen LogP contribution >= 0.6 is 0 Å². The summed E-state index contributed by atoms with van der Waals surface area (Å²) >= 11 is 0. The molecule has 0 aliphatic carbocycles. The van der Waals surface area contributed by atoms with Crippen molar-refractivity contribution in [1.82, 2.24) is 10.6 Å². The topological polar surface area (TPSA) is 41.1 Å². The summed E-state index contributed by atoms with van der Waals surface area (Å²) in [6, 6.07) is 0. The zero-order chi connectivity index (χ0) is 10.1. The van der Waals surface area contributed by atoms with Crippen molar-refractivity contribution in [2.75, 3.05) is 20.1 Å². The largest absolute Gasteiger partial charge is 0.356 e. The van der Waals surface area contributed by atoms with Gasteiger partial charge in [-0.3, -0.25) is 4.79 Å². The molecule has 0 aliphatic heterocycles. The first-order chi connectivity index (χ1) is 6.26. The molecule has 0 rings (SSSR count). The molecule has 0 aromatic rings. The van der Waals surface area contributed by atoms with Gasteiger partial charge in [0.15, 0.2) is 0 Å². The van der Waals surface area contributed by atoms with E-state index in [0.717, 1.165) is 32.4 Å². The van der Waals surface area contributed by atoms with E-state index in [-0.39, 0.29) is 11.8 Å². The lowest BCUT2D eigenvalue weighted by molar-refractivity contribution is -0.124. The van der Waals surface area contributed by atoms with E-state index in [9.17, 15) is 4.79 Å². The van der Waals surface area contributed by atoms with Crippen LogP contribution < -0.4 is 10.6 Å². The molecule has 1 atom stereocenters. The minimum Gasteiger partial charge on any atom is -0.356 e. The van der Waals surface area contributed by atoms with E-state index < -0.39 is 0 Å². The molecule has 3 heteroatoms. The molecule has 2 N–H and O–H groups in total. The quantitative estimate of drug-likeness (QED) is 0.586. The molecular weight excluding hydrogens is 164 g/mol. The van der Waals surface area contributed by atoms with Gasteiger partial charge >= 0.3 is 0 Å². The predicted molar refractivity (Wildman–Crippen MR) is 55.6 cm³/mol. The number of hydrogen-bond acceptors (Lipinski definition) is 2. The summed E-state index contributed by atoms with van der Waals surface area (Å²) in [7, 11) is 1.88. The van der Waals surface area contributed by atoms with Crippen molar-refractivity contribution >= 4 is 5.91 Å². The fourth-order valence-electron chi connectivity index (χ4n) is 1.20. The van der Waals surface area contributed by atoms with Crippen LogP contribution in [0, 0.1) is 5.92 Å². The Kier molecular flexibility index (Phi) is 7.69. The molecule has 0 fully saturated rings. The Morgan fingerprint density at radius 3 is 2.54 bits per heavy atom. The van der Waals surface area contributed by atoms with Crippen LogP contribution in [0.25, 0.3) is 0 Å². The molecule has 0 aromatic carbocycles. The van der Waals surface area contributed by atoms with Gasteiger partial charge in [0.1, 0.15) is 0 Å². The normalized spacial score (nSPS) is 12.5. The average Bonchev–Trinajstić information content (AvgIpc) is 2.14. The average molecular weight is 186 g/mol. The van der Waals surface area contributed by atoms with Crippen LogP contribution in [0.5, 0.6) is 0 Å². The Labute approximate surface area is 81.3 Å². The highest BCUT2D eigenvalue weighted by Crippen LogP contribution is 2.00. The highest BCUT2D eigenvalue weighted by Gasteiger charge is 2.13. The fraction of sp³-hybridized carbons (Fsp3) is 0.900. The summed E-state index contributed by atoms with van der Waals surface area (Å²) in [5.41, 5.74) is 0. The lowest BCUT2D eigenvalue weighted by Gasteiger charge is -2.13. The fourth-order valence-corrected chi connectivity index (χ4v) is 1.20. The van der Waals surface area contributed by atoms with Crippen LogP contribution in [0.3, 0.4) is 0 Å². The minimum atomic E-state index is 0.127. The summed E-state index contributed by atoms with van der Waals surface area (Å²) in [5, 5.41) is 5.97. The van der Waals surface area contributed by atoms with Gasteiger partial charge in [-0.15, -0.1) is 0 Å². The van der Waals surface area contributed by atoms with Crippen molar-refractivity contribution in [3.63, 3.8) is 0 Å². The third kappa shape index (κ3) is 5.64. The van der Waals surface area contributed by atoms with E-state index >= 15 is 0 Å². The molecule has 0 bridgehead atoms. The molecule has 0 aliphatic rings.